The number of likely N-dealkylation sites (tertiary alicyclic amines) is 1. The van der Waals surface area contributed by atoms with Crippen LogP contribution in [0, 0.1) is 29.6 Å². The van der Waals surface area contributed by atoms with Gasteiger partial charge in [-0.1, -0.05) is 37.3 Å². The van der Waals surface area contributed by atoms with Crippen LogP contribution in [-0.4, -0.2) is 94.5 Å². The number of para-hydroxylation sites is 1. The molecule has 0 bridgehead atoms. The molecular weight excluding hydrogens is 801 g/mol. The predicted molar refractivity (Wildman–Crippen MR) is 239 cm³/mol. The van der Waals surface area contributed by atoms with E-state index in [0.29, 0.717) is 54.4 Å². The predicted octanol–water partition coefficient (Wildman–Crippen LogP) is 5.42. The molecule has 1 unspecified atom stereocenters. The largest absolute Gasteiger partial charge is 0.496 e. The summed E-state index contributed by atoms with van der Waals surface area (Å²) >= 11 is 0. The average molecular weight is 861 g/mol. The highest BCUT2D eigenvalue weighted by atomic mass is 16.5. The van der Waals surface area contributed by atoms with Crippen LogP contribution in [0.15, 0.2) is 41.3 Å². The molecule has 2 aliphatic heterocycles. The molecule has 2 amide bonds. The highest BCUT2D eigenvalue weighted by Crippen LogP contribution is 2.35. The second-order valence-electron chi connectivity index (χ2n) is 18.0. The number of aromatic nitrogens is 3. The second kappa shape index (κ2) is 19.5. The molecule has 63 heavy (non-hydrogen) atoms. The van der Waals surface area contributed by atoms with Crippen LogP contribution in [0.2, 0.25) is 0 Å². The molecule has 0 radical (unpaired) electrons. The fourth-order valence-electron chi connectivity index (χ4n) is 10.3. The number of aryl methyl sites for hydroxylation is 2. The van der Waals surface area contributed by atoms with E-state index in [0.717, 1.165) is 99.4 Å². The van der Waals surface area contributed by atoms with E-state index in [1.807, 2.05) is 12.1 Å². The van der Waals surface area contributed by atoms with Crippen molar-refractivity contribution in [1.29, 1.82) is 0 Å². The molecule has 8 rings (SSSR count). The normalized spacial score (nSPS) is 23.5. The van der Waals surface area contributed by atoms with Crippen LogP contribution in [0.4, 0.5) is 0 Å². The molecule has 4 heterocycles. The average Bonchev–Trinajstić information content (AvgIpc) is 3.78. The van der Waals surface area contributed by atoms with E-state index in [2.05, 4.69) is 40.0 Å². The van der Waals surface area contributed by atoms with Gasteiger partial charge in [-0.15, -0.1) is 0 Å². The van der Waals surface area contributed by atoms with Crippen LogP contribution >= 0.6 is 0 Å². The minimum atomic E-state index is -0.595. The Morgan fingerprint density at radius 1 is 1.02 bits per heavy atom. The number of piperidine rings is 1. The summed E-state index contributed by atoms with van der Waals surface area (Å²) in [6.07, 6.45) is 11.8. The Morgan fingerprint density at radius 2 is 1.81 bits per heavy atom. The minimum Gasteiger partial charge on any atom is -0.496 e. The summed E-state index contributed by atoms with van der Waals surface area (Å²) in [7, 11) is 3.25. The molecule has 4 fully saturated rings. The Morgan fingerprint density at radius 3 is 2.54 bits per heavy atom. The summed E-state index contributed by atoms with van der Waals surface area (Å²) in [4.78, 5) is 69.6. The number of carbonyl (C=O) groups excluding carboxylic acids is 4. The van der Waals surface area contributed by atoms with Crippen LogP contribution < -0.4 is 26.2 Å². The molecule has 2 aromatic carbocycles. The number of rotatable bonds is 14. The zero-order valence-corrected chi connectivity index (χ0v) is 36.8. The first kappa shape index (κ1) is 44.1. The van der Waals surface area contributed by atoms with E-state index < -0.39 is 11.9 Å². The van der Waals surface area contributed by atoms with Gasteiger partial charge in [0.2, 0.25) is 11.8 Å². The molecule has 14 heteroatoms. The van der Waals surface area contributed by atoms with Crippen molar-refractivity contribution in [2.24, 2.45) is 30.5 Å². The van der Waals surface area contributed by atoms with Gasteiger partial charge in [-0.25, -0.2) is 9.78 Å². The standard InChI is InChI=1S/C49H60N6O8/c1-4-32-23-45(58)52-40(32)29-63-48-38-26-44(61-3)39(47(50)59)25-37(38)34(27-51-48)15-14-30-10-12-31(13-11-30)28-54-20-18-36(19-21-54)62-22-6-8-33-7-5-9-42-46(33)53(2)49(60)55(42)41-17-16-35(56)24-43(41)57/h5,7,9,25-27,30-32,36,40-41H,4,6,8,10-13,16-24,28-29H2,1-3H3,(H2,50,59)(H,52,58)/t30?,31?,32-,40-,41?/m1/s1. The third-order valence-corrected chi connectivity index (χ3v) is 13.9. The molecule has 3 atom stereocenters. The SMILES string of the molecule is CC[C@@H]1CC(=O)N[C@@H]1COc1ncc(C#CC2CCC(CN3CCC(OCCCc4cccc5c4n(C)c(=O)n5C4CCC(=O)CC4=O)CC3)CC2)c2cc(C(N)=O)c(OC)cc12. The number of nitrogens with one attached hydrogen (secondary N) is 1. The lowest BCUT2D eigenvalue weighted by Crippen LogP contribution is -2.40. The maximum atomic E-state index is 13.3. The summed E-state index contributed by atoms with van der Waals surface area (Å²) in [5.74, 6) is 7.94. The monoisotopic (exact) mass is 860 g/mol. The van der Waals surface area contributed by atoms with E-state index in [-0.39, 0.29) is 65.7 Å². The van der Waals surface area contributed by atoms with Crippen molar-refractivity contribution in [2.45, 2.75) is 109 Å². The van der Waals surface area contributed by atoms with Crippen LogP contribution in [-0.2, 0) is 32.6 Å². The van der Waals surface area contributed by atoms with Crippen LogP contribution in [0.3, 0.4) is 0 Å². The summed E-state index contributed by atoms with van der Waals surface area (Å²) < 4.78 is 21.3. The van der Waals surface area contributed by atoms with E-state index in [4.69, 9.17) is 19.9 Å². The van der Waals surface area contributed by atoms with E-state index in [1.165, 1.54) is 7.11 Å². The van der Waals surface area contributed by atoms with Gasteiger partial charge in [0.1, 0.15) is 18.1 Å². The first-order chi connectivity index (χ1) is 30.5. The van der Waals surface area contributed by atoms with Crippen molar-refractivity contribution in [2.75, 3.05) is 40.0 Å². The molecule has 4 aromatic rings. The molecule has 3 N–H and O–H groups in total. The first-order valence-electron chi connectivity index (χ1n) is 22.8. The molecule has 0 spiro atoms. The van der Waals surface area contributed by atoms with Crippen molar-refractivity contribution in [3.05, 3.63) is 63.7 Å². The number of nitrogens with zero attached hydrogens (tertiary/aromatic N) is 4. The Kier molecular flexibility index (Phi) is 13.6. The van der Waals surface area contributed by atoms with Crippen molar-refractivity contribution in [3.63, 3.8) is 0 Å². The van der Waals surface area contributed by atoms with Gasteiger partial charge in [-0.05, 0) is 93.4 Å². The molecule has 4 aliphatic rings. The van der Waals surface area contributed by atoms with Crippen molar-refractivity contribution < 1.29 is 33.4 Å². The number of hydrogen-bond acceptors (Lipinski definition) is 10. The maximum absolute atomic E-state index is 13.3. The molecule has 334 valence electrons. The van der Waals surface area contributed by atoms with Crippen molar-refractivity contribution in [1.82, 2.24) is 24.3 Å². The quantitative estimate of drug-likeness (QED) is 0.0946. The number of imidazole rings is 1. The number of Topliss-reactive ketones (excluding diaryl/α,β-unsaturated/α-hetero) is 2. The van der Waals surface area contributed by atoms with E-state index >= 15 is 0 Å². The number of primary amides is 1. The molecule has 2 aromatic heterocycles. The Labute approximate surface area is 368 Å². The number of pyridine rings is 1. The zero-order valence-electron chi connectivity index (χ0n) is 36.8. The summed E-state index contributed by atoms with van der Waals surface area (Å²) in [6.45, 7) is 6.14. The summed E-state index contributed by atoms with van der Waals surface area (Å²) in [6, 6.07) is 8.66. The second-order valence-corrected chi connectivity index (χ2v) is 18.0. The van der Waals surface area contributed by atoms with E-state index in [1.54, 1.807) is 34.5 Å². The number of methoxy groups -OCH3 is 1. The first-order valence-corrected chi connectivity index (χ1v) is 22.8. The van der Waals surface area contributed by atoms with Gasteiger partial charge in [0.05, 0.1) is 53.9 Å². The van der Waals surface area contributed by atoms with Gasteiger partial charge in [0.25, 0.3) is 5.91 Å². The van der Waals surface area contributed by atoms with Crippen molar-refractivity contribution >= 4 is 45.2 Å². The van der Waals surface area contributed by atoms with Gasteiger partial charge in [0.15, 0.2) is 5.78 Å². The molecule has 2 saturated heterocycles. The molecule has 2 saturated carbocycles. The lowest BCUT2D eigenvalue weighted by atomic mass is 9.81. The number of carbonyl (C=O) groups is 4. The number of hydrogen-bond donors (Lipinski definition) is 2. The van der Waals surface area contributed by atoms with Gasteiger partial charge in [0, 0.05) is 69.0 Å². The topological polar surface area (TPSA) is 177 Å². The smallest absolute Gasteiger partial charge is 0.329 e. The van der Waals surface area contributed by atoms with Crippen LogP contribution in [0.1, 0.15) is 112 Å². The highest BCUT2D eigenvalue weighted by molar-refractivity contribution is 6.04. The lowest BCUT2D eigenvalue weighted by molar-refractivity contribution is -0.132. The minimum absolute atomic E-state index is 0.0316. The fraction of sp³-hybridized carbons (Fsp3) is 0.551. The lowest BCUT2D eigenvalue weighted by Gasteiger charge is -2.36. The molecule has 2 aliphatic carbocycles. The number of benzene rings is 2. The van der Waals surface area contributed by atoms with Gasteiger partial charge < -0.3 is 30.2 Å². The van der Waals surface area contributed by atoms with Gasteiger partial charge in [-0.2, -0.15) is 0 Å². The third kappa shape index (κ3) is 9.70. The molecule has 14 nitrogen and oxygen atoms in total. The highest BCUT2D eigenvalue weighted by Gasteiger charge is 2.33. The van der Waals surface area contributed by atoms with Gasteiger partial charge >= 0.3 is 5.69 Å². The Bertz CT molecular complexity index is 2500. The Hall–Kier alpha value is -5.52. The number of amides is 2. The number of ketones is 2. The summed E-state index contributed by atoms with van der Waals surface area (Å²) in [5.41, 5.74) is 9.16. The third-order valence-electron chi connectivity index (χ3n) is 13.9. The number of fused-ring (bicyclic) bond motifs is 2. The van der Waals surface area contributed by atoms with Crippen LogP contribution in [0.25, 0.3) is 21.8 Å². The summed E-state index contributed by atoms with van der Waals surface area (Å²) in [5, 5.41) is 4.41. The Balaban J connectivity index is 0.806. The zero-order chi connectivity index (χ0) is 44.2. The molecular formula is C49H60N6O8. The van der Waals surface area contributed by atoms with Crippen LogP contribution in [0.5, 0.6) is 11.6 Å². The fourth-order valence-corrected chi connectivity index (χ4v) is 10.3. The number of ether oxygens (including phenoxy) is 3. The van der Waals surface area contributed by atoms with Crippen molar-refractivity contribution in [3.8, 4) is 23.5 Å². The maximum Gasteiger partial charge on any atom is 0.329 e. The van der Waals surface area contributed by atoms with Gasteiger partial charge in [-0.3, -0.25) is 28.3 Å². The number of nitrogens with two attached hydrogens (primary N) is 1. The van der Waals surface area contributed by atoms with E-state index in [9.17, 15) is 24.0 Å².